The maximum absolute atomic E-state index is 12.6. The van der Waals surface area contributed by atoms with Gasteiger partial charge in [-0.15, -0.1) is 0 Å². The summed E-state index contributed by atoms with van der Waals surface area (Å²) in [5.74, 6) is -0.597. The standard InChI is InChI=1S/C14H19NO6S/c1-2-21-14(18)10-4-3-5-13(6-10)22(19,20)15-8-12(17)7-11(15)9-16/h3-6,11-12,16-17H,2,7-9H2,1H3/t11-,12+/m1/s1. The van der Waals surface area contributed by atoms with Crippen LogP contribution in [0.5, 0.6) is 0 Å². The summed E-state index contributed by atoms with van der Waals surface area (Å²) in [6.45, 7) is 1.42. The largest absolute Gasteiger partial charge is 0.462 e. The van der Waals surface area contributed by atoms with Gasteiger partial charge in [-0.2, -0.15) is 4.31 Å². The molecule has 0 amide bonds. The summed E-state index contributed by atoms with van der Waals surface area (Å²) in [6.07, 6.45) is -0.618. The molecule has 1 aromatic rings. The molecule has 0 saturated carbocycles. The number of esters is 1. The number of carbonyl (C=O) groups excluding carboxylic acids is 1. The van der Waals surface area contributed by atoms with E-state index in [0.717, 1.165) is 4.31 Å². The number of benzene rings is 1. The first-order chi connectivity index (χ1) is 10.4. The predicted octanol–water partition coefficient (Wildman–Crippen LogP) is -0.0205. The number of nitrogens with zero attached hydrogens (tertiary/aromatic N) is 1. The third-order valence-electron chi connectivity index (χ3n) is 3.50. The molecule has 122 valence electrons. The molecule has 0 aromatic heterocycles. The SMILES string of the molecule is CCOC(=O)c1cccc(S(=O)(=O)N2C[C@@H](O)C[C@@H]2CO)c1. The maximum atomic E-state index is 12.6. The fourth-order valence-corrected chi connectivity index (χ4v) is 4.17. The van der Waals surface area contributed by atoms with Gasteiger partial charge >= 0.3 is 5.97 Å². The molecule has 2 rings (SSSR count). The second-order valence-corrected chi connectivity index (χ2v) is 6.94. The van der Waals surface area contributed by atoms with Crippen molar-refractivity contribution in [3.05, 3.63) is 29.8 Å². The Bertz CT molecular complexity index is 644. The average Bonchev–Trinajstić information content (AvgIpc) is 2.89. The number of rotatable bonds is 5. The topological polar surface area (TPSA) is 104 Å². The van der Waals surface area contributed by atoms with Crippen molar-refractivity contribution in [1.29, 1.82) is 0 Å². The van der Waals surface area contributed by atoms with Crippen LogP contribution in [0, 0.1) is 0 Å². The van der Waals surface area contributed by atoms with Gasteiger partial charge in [0.15, 0.2) is 0 Å². The van der Waals surface area contributed by atoms with Gasteiger partial charge in [0.25, 0.3) is 0 Å². The number of hydrogen-bond acceptors (Lipinski definition) is 6. The molecular weight excluding hydrogens is 310 g/mol. The van der Waals surface area contributed by atoms with E-state index >= 15 is 0 Å². The van der Waals surface area contributed by atoms with Crippen LogP contribution in [-0.4, -0.2) is 60.8 Å². The van der Waals surface area contributed by atoms with E-state index in [2.05, 4.69) is 0 Å². The van der Waals surface area contributed by atoms with Crippen LogP contribution in [0.2, 0.25) is 0 Å². The zero-order valence-corrected chi connectivity index (χ0v) is 13.0. The highest BCUT2D eigenvalue weighted by Crippen LogP contribution is 2.26. The average molecular weight is 329 g/mol. The van der Waals surface area contributed by atoms with Crippen molar-refractivity contribution in [3.8, 4) is 0 Å². The summed E-state index contributed by atoms with van der Waals surface area (Å²) in [6, 6.07) is 4.88. The molecule has 2 atom stereocenters. The van der Waals surface area contributed by atoms with Gasteiger partial charge in [-0.1, -0.05) is 6.07 Å². The summed E-state index contributed by atoms with van der Waals surface area (Å²) in [5, 5.41) is 18.9. The minimum Gasteiger partial charge on any atom is -0.462 e. The van der Waals surface area contributed by atoms with E-state index in [-0.39, 0.29) is 36.6 Å². The highest BCUT2D eigenvalue weighted by molar-refractivity contribution is 7.89. The second kappa shape index (κ2) is 6.74. The number of hydrogen-bond donors (Lipinski definition) is 2. The molecule has 1 aromatic carbocycles. The Morgan fingerprint density at radius 1 is 1.45 bits per heavy atom. The van der Waals surface area contributed by atoms with Crippen LogP contribution in [0.3, 0.4) is 0 Å². The van der Waals surface area contributed by atoms with E-state index in [4.69, 9.17) is 4.74 Å². The second-order valence-electron chi connectivity index (χ2n) is 5.05. The number of β-amino-alcohol motifs (C(OH)–C–C–N with tert-alkyl or cyclic N) is 1. The van der Waals surface area contributed by atoms with E-state index in [0.29, 0.717) is 0 Å². The Morgan fingerprint density at radius 2 is 2.18 bits per heavy atom. The van der Waals surface area contributed by atoms with Crippen LogP contribution in [0.4, 0.5) is 0 Å². The highest BCUT2D eigenvalue weighted by atomic mass is 32.2. The van der Waals surface area contributed by atoms with E-state index < -0.39 is 28.1 Å². The molecule has 0 aliphatic carbocycles. The van der Waals surface area contributed by atoms with Crippen LogP contribution in [0.15, 0.2) is 29.2 Å². The fraction of sp³-hybridized carbons (Fsp3) is 0.500. The quantitative estimate of drug-likeness (QED) is 0.736. The molecule has 1 aliphatic heterocycles. The summed E-state index contributed by atoms with van der Waals surface area (Å²) in [4.78, 5) is 11.6. The van der Waals surface area contributed by atoms with Gasteiger partial charge < -0.3 is 14.9 Å². The molecule has 1 aliphatic rings. The van der Waals surface area contributed by atoms with Crippen LogP contribution in [0.25, 0.3) is 0 Å². The zero-order chi connectivity index (χ0) is 16.3. The number of carbonyl (C=O) groups is 1. The van der Waals surface area contributed by atoms with Gasteiger partial charge in [-0.25, -0.2) is 13.2 Å². The molecule has 0 bridgehead atoms. The molecule has 22 heavy (non-hydrogen) atoms. The van der Waals surface area contributed by atoms with E-state index in [1.165, 1.54) is 24.3 Å². The minimum absolute atomic E-state index is 0.0643. The molecule has 0 spiro atoms. The lowest BCUT2D eigenvalue weighted by Crippen LogP contribution is -2.38. The van der Waals surface area contributed by atoms with Gasteiger partial charge in [0.05, 0.1) is 35.8 Å². The van der Waals surface area contributed by atoms with Crippen LogP contribution in [-0.2, 0) is 14.8 Å². The summed E-state index contributed by atoms with van der Waals surface area (Å²) in [5.41, 5.74) is 0.142. The first-order valence-corrected chi connectivity index (χ1v) is 8.42. The Morgan fingerprint density at radius 3 is 2.82 bits per heavy atom. The number of ether oxygens (including phenoxy) is 1. The molecular formula is C14H19NO6S. The first kappa shape index (κ1) is 16.9. The normalized spacial score (nSPS) is 22.7. The molecule has 8 heteroatoms. The summed E-state index contributed by atoms with van der Waals surface area (Å²) in [7, 11) is -3.90. The number of aliphatic hydroxyl groups is 2. The minimum atomic E-state index is -3.90. The maximum Gasteiger partial charge on any atom is 0.338 e. The third kappa shape index (κ3) is 3.30. The number of sulfonamides is 1. The van der Waals surface area contributed by atoms with Crippen LogP contribution >= 0.6 is 0 Å². The van der Waals surface area contributed by atoms with Crippen molar-refractivity contribution >= 4 is 16.0 Å². The first-order valence-electron chi connectivity index (χ1n) is 6.98. The fourth-order valence-electron chi connectivity index (χ4n) is 2.46. The Balaban J connectivity index is 2.34. The summed E-state index contributed by atoms with van der Waals surface area (Å²) >= 11 is 0. The Labute approximate surface area is 129 Å². The van der Waals surface area contributed by atoms with Crippen molar-refractivity contribution in [3.63, 3.8) is 0 Å². The molecule has 1 heterocycles. The van der Waals surface area contributed by atoms with E-state index in [1.807, 2.05) is 0 Å². The zero-order valence-electron chi connectivity index (χ0n) is 12.2. The summed E-state index contributed by atoms with van der Waals surface area (Å²) < 4.78 is 31.2. The van der Waals surface area contributed by atoms with Crippen molar-refractivity contribution in [2.75, 3.05) is 19.8 Å². The van der Waals surface area contributed by atoms with Crippen molar-refractivity contribution in [2.45, 2.75) is 30.4 Å². The lowest BCUT2D eigenvalue weighted by molar-refractivity contribution is 0.0526. The molecule has 1 saturated heterocycles. The highest BCUT2D eigenvalue weighted by Gasteiger charge is 2.39. The molecule has 7 nitrogen and oxygen atoms in total. The number of aliphatic hydroxyl groups excluding tert-OH is 2. The molecule has 0 radical (unpaired) electrons. The monoisotopic (exact) mass is 329 g/mol. The Kier molecular flexibility index (Phi) is 5.17. The van der Waals surface area contributed by atoms with Gasteiger partial charge in [-0.05, 0) is 31.5 Å². The van der Waals surface area contributed by atoms with E-state index in [1.54, 1.807) is 6.92 Å². The molecule has 1 fully saturated rings. The van der Waals surface area contributed by atoms with Gasteiger partial charge in [-0.3, -0.25) is 0 Å². The van der Waals surface area contributed by atoms with Crippen LogP contribution < -0.4 is 0 Å². The van der Waals surface area contributed by atoms with Crippen molar-refractivity contribution in [2.24, 2.45) is 0 Å². The predicted molar refractivity (Wildman–Crippen MR) is 77.8 cm³/mol. The van der Waals surface area contributed by atoms with Crippen molar-refractivity contribution in [1.82, 2.24) is 4.31 Å². The van der Waals surface area contributed by atoms with Crippen molar-refractivity contribution < 1.29 is 28.2 Å². The molecule has 0 unspecified atom stereocenters. The molecule has 2 N–H and O–H groups in total. The van der Waals surface area contributed by atoms with Crippen LogP contribution in [0.1, 0.15) is 23.7 Å². The third-order valence-corrected chi connectivity index (χ3v) is 5.42. The lowest BCUT2D eigenvalue weighted by Gasteiger charge is -2.22. The van der Waals surface area contributed by atoms with Gasteiger partial charge in [0.2, 0.25) is 10.0 Å². The van der Waals surface area contributed by atoms with Gasteiger partial charge in [0, 0.05) is 6.54 Å². The Hall–Kier alpha value is -1.48. The smallest absolute Gasteiger partial charge is 0.338 e. The van der Waals surface area contributed by atoms with Gasteiger partial charge in [0.1, 0.15) is 0 Å². The van der Waals surface area contributed by atoms with E-state index in [9.17, 15) is 23.4 Å². The lowest BCUT2D eigenvalue weighted by atomic mass is 10.2.